The van der Waals surface area contributed by atoms with E-state index in [1.165, 1.54) is 18.2 Å². The first-order chi connectivity index (χ1) is 9.69. The van der Waals surface area contributed by atoms with E-state index >= 15 is 0 Å². The minimum Gasteiger partial charge on any atom is -0.444 e. The topological polar surface area (TPSA) is 67.4 Å². The molecule has 116 valence electrons. The molecule has 0 aliphatic rings. The fourth-order valence-corrected chi connectivity index (χ4v) is 1.55. The summed E-state index contributed by atoms with van der Waals surface area (Å²) in [4.78, 5) is 23.3. The Bertz CT molecular complexity index is 512. The molecule has 2 amide bonds. The Balaban J connectivity index is 2.43. The fourth-order valence-electron chi connectivity index (χ4n) is 1.55. The van der Waals surface area contributed by atoms with Crippen LogP contribution in [0.15, 0.2) is 24.3 Å². The molecule has 0 aromatic heterocycles. The highest BCUT2D eigenvalue weighted by Crippen LogP contribution is 2.07. The monoisotopic (exact) mass is 296 g/mol. The van der Waals surface area contributed by atoms with Gasteiger partial charge in [0, 0.05) is 12.6 Å². The minimum atomic E-state index is -0.583. The SMILES string of the molecule is CC(CNC(=O)c1ccccc1F)NC(=O)OC(C)(C)C. The van der Waals surface area contributed by atoms with E-state index in [1.54, 1.807) is 33.8 Å². The molecular weight excluding hydrogens is 275 g/mol. The molecule has 0 aliphatic heterocycles. The van der Waals surface area contributed by atoms with E-state index in [0.717, 1.165) is 0 Å². The van der Waals surface area contributed by atoms with Crippen LogP contribution < -0.4 is 10.6 Å². The summed E-state index contributed by atoms with van der Waals surface area (Å²) in [7, 11) is 0. The molecule has 21 heavy (non-hydrogen) atoms. The molecule has 0 spiro atoms. The van der Waals surface area contributed by atoms with Gasteiger partial charge in [-0.1, -0.05) is 12.1 Å². The molecule has 1 aromatic carbocycles. The second-order valence-electron chi connectivity index (χ2n) is 5.74. The lowest BCUT2D eigenvalue weighted by molar-refractivity contribution is 0.0506. The van der Waals surface area contributed by atoms with Gasteiger partial charge in [0.1, 0.15) is 11.4 Å². The van der Waals surface area contributed by atoms with Gasteiger partial charge >= 0.3 is 6.09 Å². The van der Waals surface area contributed by atoms with Crippen molar-refractivity contribution >= 4 is 12.0 Å². The van der Waals surface area contributed by atoms with Crippen LogP contribution in [0.5, 0.6) is 0 Å². The third kappa shape index (κ3) is 6.25. The Hall–Kier alpha value is -2.11. The first-order valence-electron chi connectivity index (χ1n) is 6.71. The van der Waals surface area contributed by atoms with E-state index in [4.69, 9.17) is 4.74 Å². The van der Waals surface area contributed by atoms with Gasteiger partial charge < -0.3 is 15.4 Å². The smallest absolute Gasteiger partial charge is 0.407 e. The third-order valence-corrected chi connectivity index (χ3v) is 2.45. The lowest BCUT2D eigenvalue weighted by atomic mass is 10.2. The summed E-state index contributed by atoms with van der Waals surface area (Å²) in [5.74, 6) is -1.10. The summed E-state index contributed by atoms with van der Waals surface area (Å²) in [6.07, 6.45) is -0.560. The zero-order valence-corrected chi connectivity index (χ0v) is 12.7. The van der Waals surface area contributed by atoms with Gasteiger partial charge in [-0.15, -0.1) is 0 Å². The van der Waals surface area contributed by atoms with Crippen LogP contribution in [0.4, 0.5) is 9.18 Å². The van der Waals surface area contributed by atoms with Gasteiger partial charge in [-0.2, -0.15) is 0 Å². The quantitative estimate of drug-likeness (QED) is 0.897. The highest BCUT2D eigenvalue weighted by Gasteiger charge is 2.18. The molecule has 1 unspecified atom stereocenters. The van der Waals surface area contributed by atoms with Gasteiger partial charge in [0.25, 0.3) is 5.91 Å². The summed E-state index contributed by atoms with van der Waals surface area (Å²) in [6.45, 7) is 7.17. The molecule has 1 atom stereocenters. The number of nitrogens with one attached hydrogen (secondary N) is 2. The Labute approximate surface area is 123 Å². The summed E-state index contributed by atoms with van der Waals surface area (Å²) >= 11 is 0. The maximum absolute atomic E-state index is 13.4. The van der Waals surface area contributed by atoms with Crippen LogP contribution >= 0.6 is 0 Å². The first kappa shape index (κ1) is 16.9. The number of rotatable bonds is 4. The van der Waals surface area contributed by atoms with Crippen LogP contribution in [0.25, 0.3) is 0 Å². The molecule has 0 bridgehead atoms. The average molecular weight is 296 g/mol. The molecular formula is C15H21FN2O3. The standard InChI is InChI=1S/C15H21FN2O3/c1-10(18-14(20)21-15(2,3)4)9-17-13(19)11-7-5-6-8-12(11)16/h5-8,10H,9H2,1-4H3,(H,17,19)(H,18,20). The third-order valence-electron chi connectivity index (χ3n) is 2.45. The number of carbonyl (C=O) groups is 2. The molecule has 1 rings (SSSR count). The van der Waals surface area contributed by atoms with E-state index in [-0.39, 0.29) is 18.2 Å². The number of halogens is 1. The van der Waals surface area contributed by atoms with Gasteiger partial charge in [-0.25, -0.2) is 9.18 Å². The van der Waals surface area contributed by atoms with Gasteiger partial charge in [0.2, 0.25) is 0 Å². The van der Waals surface area contributed by atoms with E-state index in [1.807, 2.05) is 0 Å². The van der Waals surface area contributed by atoms with Crippen LogP contribution in [0.3, 0.4) is 0 Å². The molecule has 1 aromatic rings. The zero-order valence-electron chi connectivity index (χ0n) is 12.7. The number of hydrogen-bond acceptors (Lipinski definition) is 3. The average Bonchev–Trinajstić information content (AvgIpc) is 2.34. The van der Waals surface area contributed by atoms with Gasteiger partial charge in [0.15, 0.2) is 0 Å². The van der Waals surface area contributed by atoms with Crippen molar-refractivity contribution in [3.63, 3.8) is 0 Å². The number of hydrogen-bond donors (Lipinski definition) is 2. The maximum Gasteiger partial charge on any atom is 0.407 e. The second kappa shape index (κ2) is 7.06. The summed E-state index contributed by atoms with van der Waals surface area (Å²) in [5.41, 5.74) is -0.609. The largest absolute Gasteiger partial charge is 0.444 e. The van der Waals surface area contributed by atoms with Crippen LogP contribution in [-0.2, 0) is 4.74 Å². The van der Waals surface area contributed by atoms with Crippen molar-refractivity contribution in [2.24, 2.45) is 0 Å². The van der Waals surface area contributed by atoms with Crippen molar-refractivity contribution in [3.8, 4) is 0 Å². The number of ether oxygens (including phenoxy) is 1. The molecule has 0 saturated carbocycles. The second-order valence-corrected chi connectivity index (χ2v) is 5.74. The van der Waals surface area contributed by atoms with Crippen molar-refractivity contribution < 1.29 is 18.7 Å². The van der Waals surface area contributed by atoms with Crippen molar-refractivity contribution in [3.05, 3.63) is 35.6 Å². The highest BCUT2D eigenvalue weighted by atomic mass is 19.1. The van der Waals surface area contributed by atoms with E-state index in [2.05, 4.69) is 10.6 Å². The molecule has 2 N–H and O–H groups in total. The zero-order chi connectivity index (χ0) is 16.0. The highest BCUT2D eigenvalue weighted by molar-refractivity contribution is 5.94. The Morgan fingerprint density at radius 1 is 1.29 bits per heavy atom. The lowest BCUT2D eigenvalue weighted by Gasteiger charge is -2.22. The van der Waals surface area contributed by atoms with E-state index in [0.29, 0.717) is 0 Å². The Kier molecular flexibility index (Phi) is 5.69. The van der Waals surface area contributed by atoms with Crippen molar-refractivity contribution in [2.75, 3.05) is 6.54 Å². The van der Waals surface area contributed by atoms with Crippen molar-refractivity contribution in [1.82, 2.24) is 10.6 Å². The predicted octanol–water partition coefficient (Wildman–Crippen LogP) is 2.47. The molecule has 0 saturated heterocycles. The fraction of sp³-hybridized carbons (Fsp3) is 0.467. The maximum atomic E-state index is 13.4. The molecule has 0 heterocycles. The number of amides is 2. The number of carbonyl (C=O) groups excluding carboxylic acids is 2. The summed E-state index contributed by atoms with van der Waals surface area (Å²) in [5, 5.41) is 5.15. The van der Waals surface area contributed by atoms with Gasteiger partial charge in [0.05, 0.1) is 5.56 Å². The molecule has 6 heteroatoms. The van der Waals surface area contributed by atoms with Crippen LogP contribution in [-0.4, -0.2) is 30.2 Å². The first-order valence-corrected chi connectivity index (χ1v) is 6.71. The van der Waals surface area contributed by atoms with Crippen LogP contribution in [0, 0.1) is 5.82 Å². The molecule has 0 aliphatic carbocycles. The normalized spacial score (nSPS) is 12.4. The summed E-state index contributed by atoms with van der Waals surface area (Å²) in [6, 6.07) is 5.38. The molecule has 0 radical (unpaired) electrons. The minimum absolute atomic E-state index is 0.0260. The molecule has 5 nitrogen and oxygen atoms in total. The van der Waals surface area contributed by atoms with E-state index in [9.17, 15) is 14.0 Å². The van der Waals surface area contributed by atoms with Crippen molar-refractivity contribution in [1.29, 1.82) is 0 Å². The van der Waals surface area contributed by atoms with Crippen molar-refractivity contribution in [2.45, 2.75) is 39.3 Å². The summed E-state index contributed by atoms with van der Waals surface area (Å²) < 4.78 is 18.5. The number of alkyl carbamates (subject to hydrolysis) is 1. The molecule has 0 fully saturated rings. The Morgan fingerprint density at radius 2 is 1.90 bits per heavy atom. The number of benzene rings is 1. The van der Waals surface area contributed by atoms with Gasteiger partial charge in [-0.3, -0.25) is 4.79 Å². The Morgan fingerprint density at radius 3 is 2.48 bits per heavy atom. The van der Waals surface area contributed by atoms with Crippen LogP contribution in [0.1, 0.15) is 38.1 Å². The lowest BCUT2D eigenvalue weighted by Crippen LogP contribution is -2.44. The van der Waals surface area contributed by atoms with Crippen LogP contribution in [0.2, 0.25) is 0 Å². The van der Waals surface area contributed by atoms with E-state index < -0.39 is 23.4 Å². The predicted molar refractivity (Wildman–Crippen MR) is 77.6 cm³/mol. The van der Waals surface area contributed by atoms with Gasteiger partial charge in [-0.05, 0) is 39.8 Å².